The fourth-order valence-electron chi connectivity index (χ4n) is 3.92. The Labute approximate surface area is 180 Å². The summed E-state index contributed by atoms with van der Waals surface area (Å²) in [5.74, 6) is 0.743. The number of anilines is 1. The Balaban J connectivity index is 1.56. The van der Waals surface area contributed by atoms with Gasteiger partial charge in [-0.05, 0) is 56.0 Å². The quantitative estimate of drug-likeness (QED) is 0.468. The van der Waals surface area contributed by atoms with Crippen LogP contribution >= 0.6 is 0 Å². The van der Waals surface area contributed by atoms with E-state index in [1.54, 1.807) is 6.07 Å². The van der Waals surface area contributed by atoms with Gasteiger partial charge in [0.25, 0.3) is 5.89 Å². The second-order valence-corrected chi connectivity index (χ2v) is 7.90. The number of hydrogen-bond acceptors (Lipinski definition) is 7. The van der Waals surface area contributed by atoms with Gasteiger partial charge in [0.2, 0.25) is 5.82 Å². The second-order valence-electron chi connectivity index (χ2n) is 7.90. The molecule has 3 aromatic rings. The Kier molecular flexibility index (Phi) is 5.90. The van der Waals surface area contributed by atoms with Crippen molar-refractivity contribution in [2.75, 3.05) is 12.3 Å². The number of nitrogens with one attached hydrogen (secondary N) is 1. The molecular weight excluding hydrogens is 396 g/mol. The first-order valence-electron chi connectivity index (χ1n) is 10.4. The number of carboxylic acid groups (broad SMARTS) is 1. The van der Waals surface area contributed by atoms with Crippen LogP contribution < -0.4 is 15.8 Å². The van der Waals surface area contributed by atoms with Gasteiger partial charge in [0.1, 0.15) is 5.75 Å². The number of aliphatic carboxylic acids is 1. The van der Waals surface area contributed by atoms with E-state index in [1.807, 2.05) is 38.1 Å². The molecule has 8 heteroatoms. The fraction of sp³-hybridized carbons (Fsp3) is 0.348. The van der Waals surface area contributed by atoms with Gasteiger partial charge in [-0.2, -0.15) is 4.98 Å². The van der Waals surface area contributed by atoms with Gasteiger partial charge in [-0.3, -0.25) is 4.79 Å². The van der Waals surface area contributed by atoms with Gasteiger partial charge in [-0.25, -0.2) is 0 Å². The van der Waals surface area contributed by atoms with Crippen molar-refractivity contribution < 1.29 is 19.2 Å². The Morgan fingerprint density at radius 2 is 2.19 bits per heavy atom. The Morgan fingerprint density at radius 1 is 1.35 bits per heavy atom. The number of rotatable bonds is 8. The van der Waals surface area contributed by atoms with Crippen LogP contribution in [-0.4, -0.2) is 33.9 Å². The number of benzene rings is 2. The summed E-state index contributed by atoms with van der Waals surface area (Å²) in [7, 11) is 0. The third-order valence-corrected chi connectivity index (χ3v) is 5.29. The molecule has 1 heterocycles. The van der Waals surface area contributed by atoms with Gasteiger partial charge in [0, 0.05) is 23.7 Å². The minimum Gasteiger partial charge on any atom is -0.489 e. The van der Waals surface area contributed by atoms with E-state index in [0.717, 1.165) is 29.5 Å². The molecule has 1 unspecified atom stereocenters. The number of carbonyl (C=O) groups is 1. The van der Waals surface area contributed by atoms with Crippen molar-refractivity contribution in [1.29, 1.82) is 0 Å². The smallest absolute Gasteiger partial charge is 0.304 e. The first-order chi connectivity index (χ1) is 14.9. The number of ether oxygens (including phenoxy) is 1. The number of carboxylic acids is 1. The van der Waals surface area contributed by atoms with Crippen LogP contribution in [0.5, 0.6) is 5.75 Å². The summed E-state index contributed by atoms with van der Waals surface area (Å²) in [6, 6.07) is 11.6. The molecular formula is C23H26N4O4. The molecule has 31 heavy (non-hydrogen) atoms. The number of hydrogen-bond donors (Lipinski definition) is 3. The van der Waals surface area contributed by atoms with Crippen LogP contribution in [0, 0.1) is 0 Å². The molecule has 0 spiro atoms. The second kappa shape index (κ2) is 8.77. The topological polar surface area (TPSA) is 124 Å². The molecule has 0 fully saturated rings. The summed E-state index contributed by atoms with van der Waals surface area (Å²) in [6.45, 7) is 4.33. The number of nitrogen functional groups attached to an aromatic ring is 1. The number of nitrogens with two attached hydrogens (primary N) is 1. The highest BCUT2D eigenvalue weighted by atomic mass is 16.5. The summed E-state index contributed by atoms with van der Waals surface area (Å²) in [6.07, 6.45) is 1.91. The van der Waals surface area contributed by atoms with E-state index in [-0.39, 0.29) is 18.6 Å². The van der Waals surface area contributed by atoms with Crippen LogP contribution in [0.25, 0.3) is 22.8 Å². The van der Waals surface area contributed by atoms with Crippen LogP contribution in [0.4, 0.5) is 5.69 Å². The number of fused-ring (bicyclic) bond motifs is 1. The molecule has 1 aliphatic carbocycles. The van der Waals surface area contributed by atoms with Gasteiger partial charge >= 0.3 is 5.97 Å². The molecule has 0 aliphatic heterocycles. The van der Waals surface area contributed by atoms with E-state index in [0.29, 0.717) is 29.7 Å². The van der Waals surface area contributed by atoms with Gasteiger partial charge < -0.3 is 25.4 Å². The number of aromatic nitrogens is 2. The van der Waals surface area contributed by atoms with Crippen molar-refractivity contribution in [3.8, 4) is 28.6 Å². The molecule has 4 N–H and O–H groups in total. The zero-order valence-electron chi connectivity index (χ0n) is 17.6. The normalized spacial score (nSPS) is 15.3. The standard InChI is InChI=1S/C23H26N4O4/c1-13(2)30-20-9-6-14(12-18(20)24)23-26-22(27-31-23)17-5-3-4-16-15(17)7-8-19(16)25-11-10-21(28)29/h3-6,9,12-13,19,25H,7-8,10-11,24H2,1-2H3,(H,28,29). The molecule has 162 valence electrons. The molecule has 0 saturated carbocycles. The third-order valence-electron chi connectivity index (χ3n) is 5.29. The SMILES string of the molecule is CC(C)Oc1ccc(-c2nc(-c3cccc4c3CCC4NCCC(=O)O)no2)cc1N. The summed E-state index contributed by atoms with van der Waals surface area (Å²) in [4.78, 5) is 15.4. The van der Waals surface area contributed by atoms with Crippen LogP contribution in [-0.2, 0) is 11.2 Å². The first kappa shape index (κ1) is 20.9. The number of nitrogens with zero attached hydrogens (tertiary/aromatic N) is 2. The van der Waals surface area contributed by atoms with E-state index < -0.39 is 5.97 Å². The molecule has 0 amide bonds. The third kappa shape index (κ3) is 4.54. The van der Waals surface area contributed by atoms with Crippen LogP contribution in [0.3, 0.4) is 0 Å². The average Bonchev–Trinajstić information content (AvgIpc) is 3.36. The maximum absolute atomic E-state index is 10.8. The molecule has 2 aromatic carbocycles. The van der Waals surface area contributed by atoms with Crippen LogP contribution in [0.15, 0.2) is 40.9 Å². The Bertz CT molecular complexity index is 1090. The van der Waals surface area contributed by atoms with E-state index in [2.05, 4.69) is 21.5 Å². The van der Waals surface area contributed by atoms with Gasteiger partial charge in [-0.1, -0.05) is 23.4 Å². The predicted octanol–water partition coefficient (Wildman–Crippen LogP) is 3.82. The predicted molar refractivity (Wildman–Crippen MR) is 117 cm³/mol. The zero-order chi connectivity index (χ0) is 22.0. The monoisotopic (exact) mass is 422 g/mol. The van der Waals surface area contributed by atoms with Gasteiger partial charge in [0.15, 0.2) is 0 Å². The van der Waals surface area contributed by atoms with E-state index in [4.69, 9.17) is 20.1 Å². The summed E-state index contributed by atoms with van der Waals surface area (Å²) < 4.78 is 11.2. The summed E-state index contributed by atoms with van der Waals surface area (Å²) in [5.41, 5.74) is 10.6. The molecule has 8 nitrogen and oxygen atoms in total. The molecule has 4 rings (SSSR count). The average molecular weight is 422 g/mol. The van der Waals surface area contributed by atoms with Gasteiger partial charge in [0.05, 0.1) is 18.2 Å². The van der Waals surface area contributed by atoms with Crippen molar-refractivity contribution in [2.45, 2.75) is 45.3 Å². The lowest BCUT2D eigenvalue weighted by Gasteiger charge is -2.13. The maximum Gasteiger partial charge on any atom is 0.304 e. The highest BCUT2D eigenvalue weighted by Gasteiger charge is 2.26. The van der Waals surface area contributed by atoms with Gasteiger partial charge in [-0.15, -0.1) is 0 Å². The van der Waals surface area contributed by atoms with Crippen LogP contribution in [0.1, 0.15) is 43.9 Å². The lowest BCUT2D eigenvalue weighted by molar-refractivity contribution is -0.136. The van der Waals surface area contributed by atoms with Crippen molar-refractivity contribution in [3.63, 3.8) is 0 Å². The molecule has 0 radical (unpaired) electrons. The molecule has 0 bridgehead atoms. The lowest BCUT2D eigenvalue weighted by Crippen LogP contribution is -2.22. The highest BCUT2D eigenvalue weighted by Crippen LogP contribution is 2.37. The van der Waals surface area contributed by atoms with E-state index >= 15 is 0 Å². The van der Waals surface area contributed by atoms with Crippen molar-refractivity contribution in [2.24, 2.45) is 0 Å². The van der Waals surface area contributed by atoms with E-state index in [9.17, 15) is 4.79 Å². The summed E-state index contributed by atoms with van der Waals surface area (Å²) >= 11 is 0. The first-order valence-corrected chi connectivity index (χ1v) is 10.4. The largest absolute Gasteiger partial charge is 0.489 e. The minimum absolute atomic E-state index is 0.0331. The van der Waals surface area contributed by atoms with Crippen molar-refractivity contribution in [3.05, 3.63) is 47.5 Å². The highest BCUT2D eigenvalue weighted by molar-refractivity contribution is 5.69. The maximum atomic E-state index is 10.8. The molecule has 1 atom stereocenters. The zero-order valence-corrected chi connectivity index (χ0v) is 17.6. The fourth-order valence-corrected chi connectivity index (χ4v) is 3.92. The minimum atomic E-state index is -0.803. The van der Waals surface area contributed by atoms with E-state index in [1.165, 1.54) is 5.56 Å². The Morgan fingerprint density at radius 3 is 2.94 bits per heavy atom. The molecule has 1 aliphatic rings. The molecule has 1 aromatic heterocycles. The van der Waals surface area contributed by atoms with Crippen molar-refractivity contribution >= 4 is 11.7 Å². The Hall–Kier alpha value is -3.39. The summed E-state index contributed by atoms with van der Waals surface area (Å²) in [5, 5.41) is 16.4. The van der Waals surface area contributed by atoms with Crippen molar-refractivity contribution in [1.82, 2.24) is 15.5 Å². The van der Waals surface area contributed by atoms with Crippen LogP contribution in [0.2, 0.25) is 0 Å². The molecule has 0 saturated heterocycles. The lowest BCUT2D eigenvalue weighted by atomic mass is 10.0.